The third-order valence-electron chi connectivity index (χ3n) is 5.68. The molecule has 2 fully saturated rings. The lowest BCUT2D eigenvalue weighted by Crippen LogP contribution is -2.51. The second kappa shape index (κ2) is 7.15. The maximum atomic E-state index is 13.1. The van der Waals surface area contributed by atoms with Crippen molar-refractivity contribution in [2.45, 2.75) is 19.3 Å². The number of hydrogen-bond acceptors (Lipinski definition) is 5. The minimum atomic E-state index is -0.521. The SMILES string of the molecule is O=C(c1conc1-c1ccccc1)N1CC[C@]2(CCCN(CCO)C2=O)C1. The highest BCUT2D eigenvalue weighted by Crippen LogP contribution is 2.40. The van der Waals surface area contributed by atoms with E-state index in [2.05, 4.69) is 5.16 Å². The van der Waals surface area contributed by atoms with Gasteiger partial charge in [0, 0.05) is 31.7 Å². The number of aliphatic hydroxyl groups excluding tert-OH is 1. The topological polar surface area (TPSA) is 86.9 Å². The molecule has 7 heteroatoms. The summed E-state index contributed by atoms with van der Waals surface area (Å²) < 4.78 is 5.09. The molecule has 2 aromatic rings. The van der Waals surface area contributed by atoms with Crippen molar-refractivity contribution in [1.29, 1.82) is 0 Å². The number of amides is 2. The number of likely N-dealkylation sites (tertiary alicyclic amines) is 2. The first-order valence-electron chi connectivity index (χ1n) is 9.34. The van der Waals surface area contributed by atoms with Crippen LogP contribution in [0.3, 0.4) is 0 Å². The number of hydrogen-bond donors (Lipinski definition) is 1. The highest BCUT2D eigenvalue weighted by atomic mass is 16.5. The molecule has 0 saturated carbocycles. The molecular weight excluding hydrogens is 346 g/mol. The van der Waals surface area contributed by atoms with Crippen LogP contribution in [0.2, 0.25) is 0 Å². The zero-order valence-electron chi connectivity index (χ0n) is 15.1. The number of carbonyl (C=O) groups is 2. The third-order valence-corrected chi connectivity index (χ3v) is 5.68. The van der Waals surface area contributed by atoms with Crippen LogP contribution in [0, 0.1) is 5.41 Å². The molecule has 2 aliphatic heterocycles. The fourth-order valence-electron chi connectivity index (χ4n) is 4.27. The molecule has 142 valence electrons. The maximum Gasteiger partial charge on any atom is 0.259 e. The predicted molar refractivity (Wildman–Crippen MR) is 97.8 cm³/mol. The second-order valence-electron chi connectivity index (χ2n) is 7.32. The van der Waals surface area contributed by atoms with Gasteiger partial charge in [0.15, 0.2) is 0 Å². The Balaban J connectivity index is 1.54. The van der Waals surface area contributed by atoms with Crippen molar-refractivity contribution in [3.63, 3.8) is 0 Å². The zero-order chi connectivity index (χ0) is 18.9. The van der Waals surface area contributed by atoms with Gasteiger partial charge in [0.2, 0.25) is 5.91 Å². The second-order valence-corrected chi connectivity index (χ2v) is 7.32. The van der Waals surface area contributed by atoms with Crippen molar-refractivity contribution in [1.82, 2.24) is 15.0 Å². The summed E-state index contributed by atoms with van der Waals surface area (Å²) in [6.07, 6.45) is 3.73. The number of aromatic nitrogens is 1. The number of rotatable bonds is 4. The average molecular weight is 369 g/mol. The fourth-order valence-corrected chi connectivity index (χ4v) is 4.27. The number of nitrogens with zero attached hydrogens (tertiary/aromatic N) is 3. The van der Waals surface area contributed by atoms with E-state index in [4.69, 9.17) is 4.52 Å². The Morgan fingerprint density at radius 3 is 2.81 bits per heavy atom. The zero-order valence-corrected chi connectivity index (χ0v) is 15.1. The van der Waals surface area contributed by atoms with Crippen molar-refractivity contribution in [3.05, 3.63) is 42.2 Å². The normalized spacial score (nSPS) is 22.6. The molecule has 0 unspecified atom stereocenters. The number of aliphatic hydroxyl groups is 1. The average Bonchev–Trinajstić information content (AvgIpc) is 3.34. The van der Waals surface area contributed by atoms with Gasteiger partial charge in [-0.3, -0.25) is 9.59 Å². The largest absolute Gasteiger partial charge is 0.395 e. The van der Waals surface area contributed by atoms with Crippen LogP contribution >= 0.6 is 0 Å². The predicted octanol–water partition coefficient (Wildman–Crippen LogP) is 1.79. The molecule has 1 atom stereocenters. The van der Waals surface area contributed by atoms with Crippen LogP contribution in [-0.2, 0) is 4.79 Å². The van der Waals surface area contributed by atoms with Gasteiger partial charge in [-0.1, -0.05) is 35.5 Å². The first kappa shape index (κ1) is 17.7. The van der Waals surface area contributed by atoms with E-state index in [1.807, 2.05) is 30.3 Å². The molecule has 2 aliphatic rings. The van der Waals surface area contributed by atoms with E-state index in [1.165, 1.54) is 6.26 Å². The highest BCUT2D eigenvalue weighted by Gasteiger charge is 2.49. The monoisotopic (exact) mass is 369 g/mol. The Bertz CT molecular complexity index is 833. The number of benzene rings is 1. The molecule has 1 aromatic carbocycles. The van der Waals surface area contributed by atoms with E-state index in [0.29, 0.717) is 43.9 Å². The van der Waals surface area contributed by atoms with Crippen molar-refractivity contribution in [3.8, 4) is 11.3 Å². The molecule has 27 heavy (non-hydrogen) atoms. The van der Waals surface area contributed by atoms with Gasteiger partial charge in [0.1, 0.15) is 17.5 Å². The molecular formula is C20H23N3O4. The lowest BCUT2D eigenvalue weighted by Gasteiger charge is -2.39. The van der Waals surface area contributed by atoms with E-state index in [9.17, 15) is 14.7 Å². The molecule has 1 N–H and O–H groups in total. The van der Waals surface area contributed by atoms with Crippen molar-refractivity contribution >= 4 is 11.8 Å². The Morgan fingerprint density at radius 1 is 1.22 bits per heavy atom. The maximum absolute atomic E-state index is 13.1. The molecule has 3 heterocycles. The summed E-state index contributed by atoms with van der Waals surface area (Å²) in [6.45, 7) is 1.95. The van der Waals surface area contributed by atoms with E-state index >= 15 is 0 Å². The summed E-state index contributed by atoms with van der Waals surface area (Å²) >= 11 is 0. The van der Waals surface area contributed by atoms with Crippen LogP contribution in [0.1, 0.15) is 29.6 Å². The highest BCUT2D eigenvalue weighted by molar-refractivity contribution is 6.00. The van der Waals surface area contributed by atoms with Gasteiger partial charge in [-0.25, -0.2) is 0 Å². The Morgan fingerprint density at radius 2 is 2.04 bits per heavy atom. The molecule has 0 bridgehead atoms. The summed E-state index contributed by atoms with van der Waals surface area (Å²) in [5.74, 6) is -0.0919. The van der Waals surface area contributed by atoms with Crippen molar-refractivity contribution < 1.29 is 19.2 Å². The van der Waals surface area contributed by atoms with Gasteiger partial charge in [-0.15, -0.1) is 0 Å². The summed E-state index contributed by atoms with van der Waals surface area (Å²) in [6, 6.07) is 9.45. The Labute approximate surface area is 157 Å². The molecule has 1 spiro atoms. The molecule has 4 rings (SSSR count). The molecule has 2 amide bonds. The van der Waals surface area contributed by atoms with Crippen LogP contribution in [-0.4, -0.2) is 64.7 Å². The Kier molecular flexibility index (Phi) is 4.70. The smallest absolute Gasteiger partial charge is 0.259 e. The van der Waals surface area contributed by atoms with Crippen molar-refractivity contribution in [2.75, 3.05) is 32.8 Å². The summed E-state index contributed by atoms with van der Waals surface area (Å²) in [5.41, 5.74) is 1.26. The minimum absolute atomic E-state index is 0.0361. The van der Waals surface area contributed by atoms with Gasteiger partial charge in [-0.05, 0) is 19.3 Å². The van der Waals surface area contributed by atoms with Crippen LogP contribution < -0.4 is 0 Å². The van der Waals surface area contributed by atoms with E-state index in [-0.39, 0.29) is 18.4 Å². The summed E-state index contributed by atoms with van der Waals surface area (Å²) in [4.78, 5) is 29.5. The van der Waals surface area contributed by atoms with Crippen LogP contribution in [0.15, 0.2) is 41.1 Å². The van der Waals surface area contributed by atoms with Gasteiger partial charge < -0.3 is 19.4 Å². The van der Waals surface area contributed by atoms with Gasteiger partial charge in [-0.2, -0.15) is 0 Å². The number of carbonyl (C=O) groups excluding carboxylic acids is 2. The first-order valence-corrected chi connectivity index (χ1v) is 9.34. The Hall–Kier alpha value is -2.67. The van der Waals surface area contributed by atoms with Crippen molar-refractivity contribution in [2.24, 2.45) is 5.41 Å². The molecule has 1 aromatic heterocycles. The standard InChI is InChI=1S/C20H23N3O4/c24-12-11-22-9-4-7-20(19(22)26)8-10-23(14-20)18(25)16-13-27-21-17(16)15-5-2-1-3-6-15/h1-3,5-6,13,24H,4,7-12,14H2/t20-/m1/s1. The minimum Gasteiger partial charge on any atom is -0.395 e. The van der Waals surface area contributed by atoms with Crippen LogP contribution in [0.5, 0.6) is 0 Å². The first-order chi connectivity index (χ1) is 13.1. The van der Waals surface area contributed by atoms with E-state index in [1.54, 1.807) is 9.80 Å². The number of piperidine rings is 1. The lowest BCUT2D eigenvalue weighted by molar-refractivity contribution is -0.146. The molecule has 0 radical (unpaired) electrons. The number of β-amino-alcohol motifs (C(OH)–C–C–N with tert-alkyl or cyclic N) is 1. The van der Waals surface area contributed by atoms with Crippen LogP contribution in [0.4, 0.5) is 0 Å². The fraction of sp³-hybridized carbons (Fsp3) is 0.450. The van der Waals surface area contributed by atoms with Gasteiger partial charge >= 0.3 is 0 Å². The van der Waals surface area contributed by atoms with E-state index < -0.39 is 5.41 Å². The third kappa shape index (κ3) is 3.12. The summed E-state index contributed by atoms with van der Waals surface area (Å²) in [5, 5.41) is 13.2. The quantitative estimate of drug-likeness (QED) is 0.888. The van der Waals surface area contributed by atoms with E-state index in [0.717, 1.165) is 18.4 Å². The molecule has 2 saturated heterocycles. The molecule has 0 aliphatic carbocycles. The lowest BCUT2D eigenvalue weighted by atomic mass is 9.78. The summed E-state index contributed by atoms with van der Waals surface area (Å²) in [7, 11) is 0. The van der Waals surface area contributed by atoms with Gasteiger partial charge in [0.05, 0.1) is 12.0 Å². The molecule has 7 nitrogen and oxygen atoms in total. The van der Waals surface area contributed by atoms with Crippen LogP contribution in [0.25, 0.3) is 11.3 Å². The van der Waals surface area contributed by atoms with Gasteiger partial charge in [0.25, 0.3) is 5.91 Å².